The molecule has 6 heteroatoms. The van der Waals surface area contributed by atoms with Gasteiger partial charge in [0.15, 0.2) is 4.32 Å². The van der Waals surface area contributed by atoms with Crippen LogP contribution in [0.4, 0.5) is 0 Å². The van der Waals surface area contributed by atoms with Crippen molar-refractivity contribution >= 4 is 31.1 Å². The highest BCUT2D eigenvalue weighted by molar-refractivity contribution is 8.28. The molecule has 0 spiro atoms. The molecule has 0 N–H and O–H groups in total. The van der Waals surface area contributed by atoms with E-state index in [9.17, 15) is 4.57 Å². The molecule has 3 nitrogen and oxygen atoms in total. The summed E-state index contributed by atoms with van der Waals surface area (Å²) < 4.78 is 21.4. The minimum atomic E-state index is -2.89. The fourth-order valence-corrected chi connectivity index (χ4v) is 5.93. The van der Waals surface area contributed by atoms with E-state index in [0.717, 1.165) is 4.91 Å². The highest BCUT2D eigenvalue weighted by atomic mass is 32.2. The van der Waals surface area contributed by atoms with E-state index in [1.165, 1.54) is 37.7 Å². The lowest BCUT2D eigenvalue weighted by Crippen LogP contribution is -1.99. The molecular formula is C6H11O3PS2. The summed E-state index contributed by atoms with van der Waals surface area (Å²) in [7, 11) is -0.0608. The fraction of sp³-hybridized carbons (Fsp3) is 0.667. The summed E-state index contributed by atoms with van der Waals surface area (Å²) in [4.78, 5) is 1.15. The summed E-state index contributed by atoms with van der Waals surface area (Å²) in [6.45, 7) is 1.98. The average molecular weight is 226 g/mol. The Balaban J connectivity index is 2.65. The monoisotopic (exact) mass is 226 g/mol. The van der Waals surface area contributed by atoms with Crippen molar-refractivity contribution in [2.24, 2.45) is 0 Å². The van der Waals surface area contributed by atoms with Crippen molar-refractivity contribution in [2.45, 2.75) is 11.2 Å². The molecule has 0 amide bonds. The van der Waals surface area contributed by atoms with Crippen LogP contribution in [0.1, 0.15) is 6.92 Å². The maximum atomic E-state index is 11.8. The predicted molar refractivity (Wildman–Crippen MR) is 54.4 cm³/mol. The molecule has 0 aromatic heterocycles. The summed E-state index contributed by atoms with van der Waals surface area (Å²) in [6.07, 6.45) is 0. The molecule has 0 radical (unpaired) electrons. The summed E-state index contributed by atoms with van der Waals surface area (Å²) >= 11 is 3.03. The molecule has 0 aromatic rings. The second kappa shape index (κ2) is 4.20. The third kappa shape index (κ3) is 2.09. The van der Waals surface area contributed by atoms with Gasteiger partial charge in [-0.25, -0.2) is 0 Å². The quantitative estimate of drug-likeness (QED) is 0.691. The van der Waals surface area contributed by atoms with Crippen LogP contribution in [0.25, 0.3) is 0 Å². The number of rotatable bonds is 3. The Kier molecular flexibility index (Phi) is 3.74. The van der Waals surface area contributed by atoms with Gasteiger partial charge >= 0.3 is 7.60 Å². The van der Waals surface area contributed by atoms with E-state index >= 15 is 0 Å². The van der Waals surface area contributed by atoms with Gasteiger partial charge in [0.25, 0.3) is 0 Å². The standard InChI is InChI=1S/C6H11O3PS2/c1-5-4-11-6(12-5)10(7,8-2)9-3/h4,6H,1-3H3. The van der Waals surface area contributed by atoms with Crippen LogP contribution in [-0.2, 0) is 13.6 Å². The van der Waals surface area contributed by atoms with Crippen molar-refractivity contribution in [3.05, 3.63) is 10.3 Å². The molecule has 0 saturated carbocycles. The van der Waals surface area contributed by atoms with E-state index in [1.54, 1.807) is 0 Å². The maximum absolute atomic E-state index is 11.8. The van der Waals surface area contributed by atoms with E-state index in [4.69, 9.17) is 9.05 Å². The lowest BCUT2D eigenvalue weighted by Gasteiger charge is -2.18. The van der Waals surface area contributed by atoms with Crippen LogP contribution in [0.2, 0.25) is 0 Å². The summed E-state index contributed by atoms with van der Waals surface area (Å²) in [5, 5.41) is 1.97. The summed E-state index contributed by atoms with van der Waals surface area (Å²) in [6, 6.07) is 0. The molecule has 1 rings (SSSR count). The number of hydrogen-bond acceptors (Lipinski definition) is 5. The molecule has 0 aliphatic carbocycles. The molecule has 1 aliphatic heterocycles. The first-order valence-corrected chi connectivity index (χ1v) is 6.76. The second-order valence-corrected chi connectivity index (χ2v) is 7.85. The Morgan fingerprint density at radius 3 is 2.42 bits per heavy atom. The Labute approximate surface area is 80.8 Å². The first-order chi connectivity index (χ1) is 5.62. The zero-order valence-electron chi connectivity index (χ0n) is 7.14. The minimum Gasteiger partial charge on any atom is -0.311 e. The van der Waals surface area contributed by atoms with Gasteiger partial charge < -0.3 is 9.05 Å². The zero-order chi connectivity index (χ0) is 9.19. The highest BCUT2D eigenvalue weighted by Gasteiger charge is 2.37. The smallest absolute Gasteiger partial charge is 0.311 e. The van der Waals surface area contributed by atoms with Gasteiger partial charge in [0.1, 0.15) is 0 Å². The van der Waals surface area contributed by atoms with E-state index in [0.29, 0.717) is 0 Å². The van der Waals surface area contributed by atoms with Crippen molar-refractivity contribution in [3.63, 3.8) is 0 Å². The Hall–Kier alpha value is 0.590. The topological polar surface area (TPSA) is 35.5 Å². The lowest BCUT2D eigenvalue weighted by molar-refractivity contribution is 0.279. The zero-order valence-corrected chi connectivity index (χ0v) is 9.67. The van der Waals surface area contributed by atoms with Crippen molar-refractivity contribution in [2.75, 3.05) is 14.2 Å². The van der Waals surface area contributed by atoms with Crippen molar-refractivity contribution in [1.29, 1.82) is 0 Å². The van der Waals surface area contributed by atoms with Crippen LogP contribution in [0.5, 0.6) is 0 Å². The normalized spacial score (nSPS) is 24.2. The van der Waals surface area contributed by atoms with Crippen LogP contribution in [-0.4, -0.2) is 18.5 Å². The molecule has 70 valence electrons. The van der Waals surface area contributed by atoms with Gasteiger partial charge in [-0.3, -0.25) is 4.57 Å². The van der Waals surface area contributed by atoms with Crippen LogP contribution in [0.15, 0.2) is 10.3 Å². The Morgan fingerprint density at radius 1 is 1.50 bits per heavy atom. The van der Waals surface area contributed by atoms with E-state index < -0.39 is 7.60 Å². The maximum Gasteiger partial charge on any atom is 0.353 e. The first-order valence-electron chi connectivity index (χ1n) is 3.32. The highest BCUT2D eigenvalue weighted by Crippen LogP contribution is 2.64. The van der Waals surface area contributed by atoms with Crippen molar-refractivity contribution < 1.29 is 13.6 Å². The second-order valence-electron chi connectivity index (χ2n) is 2.19. The molecule has 0 fully saturated rings. The van der Waals surface area contributed by atoms with E-state index in [2.05, 4.69) is 0 Å². The van der Waals surface area contributed by atoms with Gasteiger partial charge in [0.2, 0.25) is 0 Å². The van der Waals surface area contributed by atoms with Gasteiger partial charge in [-0.2, -0.15) is 0 Å². The number of thioether (sulfide) groups is 2. The van der Waals surface area contributed by atoms with Gasteiger partial charge in [-0.05, 0) is 17.2 Å². The van der Waals surface area contributed by atoms with Crippen LogP contribution < -0.4 is 0 Å². The molecule has 0 saturated heterocycles. The summed E-state index contributed by atoms with van der Waals surface area (Å²) in [5.41, 5.74) is 0. The van der Waals surface area contributed by atoms with Gasteiger partial charge in [-0.15, -0.1) is 23.5 Å². The molecule has 1 heterocycles. The van der Waals surface area contributed by atoms with Gasteiger partial charge in [0, 0.05) is 14.2 Å². The largest absolute Gasteiger partial charge is 0.353 e. The van der Waals surface area contributed by atoms with Gasteiger partial charge in [-0.1, -0.05) is 0 Å². The van der Waals surface area contributed by atoms with E-state index in [-0.39, 0.29) is 4.32 Å². The molecule has 0 bridgehead atoms. The summed E-state index contributed by atoms with van der Waals surface area (Å²) in [5.74, 6) is 0. The average Bonchev–Trinajstić information content (AvgIpc) is 2.51. The van der Waals surface area contributed by atoms with E-state index in [1.807, 2.05) is 12.3 Å². The van der Waals surface area contributed by atoms with Crippen LogP contribution in [0.3, 0.4) is 0 Å². The molecule has 1 unspecified atom stereocenters. The van der Waals surface area contributed by atoms with Crippen molar-refractivity contribution in [1.82, 2.24) is 0 Å². The molecule has 12 heavy (non-hydrogen) atoms. The third-order valence-corrected chi connectivity index (χ3v) is 7.35. The minimum absolute atomic E-state index is 0.132. The third-order valence-electron chi connectivity index (χ3n) is 1.40. The lowest BCUT2D eigenvalue weighted by atomic mass is 10.8. The molecular weight excluding hydrogens is 215 g/mol. The van der Waals surface area contributed by atoms with Crippen molar-refractivity contribution in [3.8, 4) is 0 Å². The van der Waals surface area contributed by atoms with Gasteiger partial charge in [0.05, 0.1) is 0 Å². The predicted octanol–water partition coefficient (Wildman–Crippen LogP) is 3.10. The Bertz CT molecular complexity index is 233. The Morgan fingerprint density at radius 2 is 2.08 bits per heavy atom. The molecule has 1 atom stereocenters. The SMILES string of the molecule is COP(=O)(OC)C1SC=C(C)S1. The van der Waals surface area contributed by atoms with Crippen LogP contribution >= 0.6 is 31.1 Å². The number of allylic oxidation sites excluding steroid dienone is 1. The molecule has 1 aliphatic rings. The van der Waals surface area contributed by atoms with Crippen LogP contribution in [0, 0.1) is 0 Å². The molecule has 0 aromatic carbocycles. The number of hydrogen-bond donors (Lipinski definition) is 0. The fourth-order valence-electron chi connectivity index (χ4n) is 0.754. The first kappa shape index (κ1) is 10.7.